The van der Waals surface area contributed by atoms with Gasteiger partial charge in [-0.2, -0.15) is 0 Å². The second kappa shape index (κ2) is 8.35. The molecule has 2 aromatic rings. The van der Waals surface area contributed by atoms with Crippen LogP contribution in [0.4, 0.5) is 4.79 Å². The van der Waals surface area contributed by atoms with Gasteiger partial charge in [-0.15, -0.1) is 0 Å². The Kier molecular flexibility index (Phi) is 5.75. The molecule has 1 fully saturated rings. The van der Waals surface area contributed by atoms with Crippen LogP contribution in [0.5, 0.6) is 0 Å². The van der Waals surface area contributed by atoms with Gasteiger partial charge in [0.15, 0.2) is 5.54 Å². The van der Waals surface area contributed by atoms with E-state index in [1.54, 1.807) is 0 Å². The summed E-state index contributed by atoms with van der Waals surface area (Å²) in [7, 11) is 1.47. The van der Waals surface area contributed by atoms with Crippen molar-refractivity contribution >= 4 is 12.1 Å². The molecule has 2 aliphatic carbocycles. The van der Waals surface area contributed by atoms with Crippen molar-refractivity contribution in [2.75, 3.05) is 20.3 Å². The number of carbonyl (C=O) groups is 2. The number of carboxylic acid groups (broad SMARTS) is 1. The first-order chi connectivity index (χ1) is 14.9. The zero-order valence-electron chi connectivity index (χ0n) is 18.2. The van der Waals surface area contributed by atoms with Crippen molar-refractivity contribution in [3.63, 3.8) is 0 Å². The molecular formula is C25H29NO5. The molecule has 31 heavy (non-hydrogen) atoms. The van der Waals surface area contributed by atoms with E-state index in [0.717, 1.165) is 35.1 Å². The van der Waals surface area contributed by atoms with Crippen LogP contribution in [0.15, 0.2) is 48.5 Å². The Morgan fingerprint density at radius 3 is 2.06 bits per heavy atom. The standard InChI is InChI=1S/C25H29NO5/c1-16(2)26(25(15-30-3,23(27)28)17-12-13-17)24(29)31-14-22-20-10-6-4-8-18(20)19-9-5-7-11-21(19)22/h4-11,16-17,22H,12-15H2,1-3H3,(H,27,28). The Bertz CT molecular complexity index is 938. The lowest BCUT2D eigenvalue weighted by atomic mass is 9.90. The second-order valence-electron chi connectivity index (χ2n) is 8.70. The van der Waals surface area contributed by atoms with Crippen LogP contribution >= 0.6 is 0 Å². The van der Waals surface area contributed by atoms with Gasteiger partial charge in [0.25, 0.3) is 0 Å². The quantitative estimate of drug-likeness (QED) is 0.675. The molecule has 1 saturated carbocycles. The number of aliphatic carboxylic acids is 1. The van der Waals surface area contributed by atoms with Crippen molar-refractivity contribution in [2.24, 2.45) is 5.92 Å². The fourth-order valence-corrected chi connectivity index (χ4v) is 5.00. The third-order valence-electron chi connectivity index (χ3n) is 6.47. The van der Waals surface area contributed by atoms with Crippen molar-refractivity contribution in [3.05, 3.63) is 59.7 Å². The molecule has 0 saturated heterocycles. The Morgan fingerprint density at radius 1 is 1.06 bits per heavy atom. The minimum absolute atomic E-state index is 0.0601. The fraction of sp³-hybridized carbons (Fsp3) is 0.440. The molecule has 0 spiro atoms. The van der Waals surface area contributed by atoms with Crippen molar-refractivity contribution < 1.29 is 24.2 Å². The lowest BCUT2D eigenvalue weighted by molar-refractivity contribution is -0.158. The van der Waals surface area contributed by atoms with Gasteiger partial charge < -0.3 is 14.6 Å². The molecule has 0 bridgehead atoms. The average Bonchev–Trinajstić information content (AvgIpc) is 3.55. The summed E-state index contributed by atoms with van der Waals surface area (Å²) in [6.45, 7) is 3.73. The molecule has 0 aromatic heterocycles. The zero-order valence-corrected chi connectivity index (χ0v) is 18.2. The summed E-state index contributed by atoms with van der Waals surface area (Å²) in [6.07, 6.45) is 0.911. The van der Waals surface area contributed by atoms with E-state index in [2.05, 4.69) is 24.3 Å². The van der Waals surface area contributed by atoms with Crippen LogP contribution < -0.4 is 0 Å². The summed E-state index contributed by atoms with van der Waals surface area (Å²) < 4.78 is 11.1. The van der Waals surface area contributed by atoms with Gasteiger partial charge >= 0.3 is 12.1 Å². The number of ether oxygens (including phenoxy) is 2. The van der Waals surface area contributed by atoms with Gasteiger partial charge in [0.1, 0.15) is 6.61 Å². The molecule has 6 heteroatoms. The normalized spacial score (nSPS) is 17.0. The molecule has 2 aromatic carbocycles. The van der Waals surface area contributed by atoms with E-state index < -0.39 is 17.6 Å². The number of carboxylic acids is 1. The summed E-state index contributed by atoms with van der Waals surface area (Å²) in [6, 6.07) is 15.9. The first kappa shape index (κ1) is 21.4. The maximum absolute atomic E-state index is 13.3. The smallest absolute Gasteiger partial charge is 0.411 e. The first-order valence-electron chi connectivity index (χ1n) is 10.8. The predicted octanol–water partition coefficient (Wildman–Crippen LogP) is 4.53. The van der Waals surface area contributed by atoms with Gasteiger partial charge in [0, 0.05) is 19.1 Å². The number of fused-ring (bicyclic) bond motifs is 3. The number of carbonyl (C=O) groups excluding carboxylic acids is 1. The summed E-state index contributed by atoms with van der Waals surface area (Å²) in [5.74, 6) is -1.25. The minimum Gasteiger partial charge on any atom is -0.479 e. The van der Waals surface area contributed by atoms with E-state index in [4.69, 9.17) is 9.47 Å². The molecule has 4 rings (SSSR count). The van der Waals surface area contributed by atoms with E-state index in [1.165, 1.54) is 12.0 Å². The number of nitrogens with zero attached hydrogens (tertiary/aromatic N) is 1. The van der Waals surface area contributed by atoms with Crippen LogP contribution in [0, 0.1) is 5.92 Å². The third-order valence-corrected chi connectivity index (χ3v) is 6.47. The molecule has 0 radical (unpaired) electrons. The van der Waals surface area contributed by atoms with Crippen LogP contribution in [0.25, 0.3) is 11.1 Å². The lowest BCUT2D eigenvalue weighted by Crippen LogP contribution is -2.63. The van der Waals surface area contributed by atoms with Gasteiger partial charge in [0.05, 0.1) is 6.61 Å². The van der Waals surface area contributed by atoms with Crippen molar-refractivity contribution in [1.29, 1.82) is 0 Å². The number of methoxy groups -OCH3 is 1. The molecule has 1 N–H and O–H groups in total. The highest BCUT2D eigenvalue weighted by molar-refractivity contribution is 5.86. The Balaban J connectivity index is 1.60. The highest BCUT2D eigenvalue weighted by atomic mass is 16.6. The van der Waals surface area contributed by atoms with Crippen LogP contribution in [0.2, 0.25) is 0 Å². The predicted molar refractivity (Wildman–Crippen MR) is 117 cm³/mol. The molecule has 1 amide bonds. The van der Waals surface area contributed by atoms with Gasteiger partial charge in [-0.05, 0) is 54.9 Å². The molecule has 164 valence electrons. The van der Waals surface area contributed by atoms with Gasteiger partial charge in [-0.3, -0.25) is 4.90 Å². The minimum atomic E-state index is -1.41. The first-order valence-corrected chi connectivity index (χ1v) is 10.8. The van der Waals surface area contributed by atoms with Crippen LogP contribution in [0.1, 0.15) is 43.7 Å². The molecule has 1 unspecified atom stereocenters. The number of amides is 1. The van der Waals surface area contributed by atoms with Gasteiger partial charge in [-0.1, -0.05) is 48.5 Å². The molecule has 0 aliphatic heterocycles. The summed E-state index contributed by atoms with van der Waals surface area (Å²) in [5.41, 5.74) is 3.13. The maximum Gasteiger partial charge on any atom is 0.411 e. The van der Waals surface area contributed by atoms with Crippen LogP contribution in [0.3, 0.4) is 0 Å². The topological polar surface area (TPSA) is 76.1 Å². The molecule has 2 aliphatic rings. The zero-order chi connectivity index (χ0) is 22.2. The van der Waals surface area contributed by atoms with Crippen molar-refractivity contribution in [1.82, 2.24) is 4.90 Å². The number of benzene rings is 2. The van der Waals surface area contributed by atoms with E-state index in [1.807, 2.05) is 38.1 Å². The van der Waals surface area contributed by atoms with E-state index in [9.17, 15) is 14.7 Å². The molecule has 1 atom stereocenters. The molecule has 0 heterocycles. The van der Waals surface area contributed by atoms with Crippen molar-refractivity contribution in [2.45, 2.75) is 44.2 Å². The summed E-state index contributed by atoms with van der Waals surface area (Å²) in [4.78, 5) is 27.1. The Morgan fingerprint density at radius 2 is 1.61 bits per heavy atom. The van der Waals surface area contributed by atoms with Crippen LogP contribution in [-0.4, -0.2) is 54.0 Å². The highest BCUT2D eigenvalue weighted by Crippen LogP contribution is 2.46. The number of hydrogen-bond donors (Lipinski definition) is 1. The number of rotatable bonds is 8. The monoisotopic (exact) mass is 423 g/mol. The maximum atomic E-state index is 13.3. The van der Waals surface area contributed by atoms with E-state index >= 15 is 0 Å². The average molecular weight is 424 g/mol. The Labute approximate surface area is 182 Å². The van der Waals surface area contributed by atoms with E-state index in [0.29, 0.717) is 0 Å². The summed E-state index contributed by atoms with van der Waals surface area (Å²) in [5, 5.41) is 10.1. The van der Waals surface area contributed by atoms with Gasteiger partial charge in [-0.25, -0.2) is 9.59 Å². The molecular weight excluding hydrogens is 394 g/mol. The molecule has 6 nitrogen and oxygen atoms in total. The third kappa shape index (κ3) is 3.59. The van der Waals surface area contributed by atoms with Gasteiger partial charge in [0.2, 0.25) is 0 Å². The SMILES string of the molecule is COCC(C(=O)O)(C1CC1)N(C(=O)OCC1c2ccccc2-c2ccccc21)C(C)C. The fourth-order valence-electron chi connectivity index (χ4n) is 5.00. The van der Waals surface area contributed by atoms with Crippen molar-refractivity contribution in [3.8, 4) is 11.1 Å². The largest absolute Gasteiger partial charge is 0.479 e. The highest BCUT2D eigenvalue weighted by Gasteiger charge is 2.58. The van der Waals surface area contributed by atoms with E-state index in [-0.39, 0.29) is 31.1 Å². The Hall–Kier alpha value is -2.86. The number of hydrogen-bond acceptors (Lipinski definition) is 4. The van der Waals surface area contributed by atoms with Crippen LogP contribution in [-0.2, 0) is 14.3 Å². The lowest BCUT2D eigenvalue weighted by Gasteiger charge is -2.42. The summed E-state index contributed by atoms with van der Waals surface area (Å²) >= 11 is 0. The second-order valence-corrected chi connectivity index (χ2v) is 8.70.